The van der Waals surface area contributed by atoms with Crippen LogP contribution in [0.3, 0.4) is 0 Å². The first-order valence-corrected chi connectivity index (χ1v) is 6.61. The fourth-order valence-corrected chi connectivity index (χ4v) is 2.50. The normalized spacial score (nSPS) is 21.9. The summed E-state index contributed by atoms with van der Waals surface area (Å²) >= 11 is 0. The lowest BCUT2D eigenvalue weighted by atomic mass is 10.1. The highest BCUT2D eigenvalue weighted by molar-refractivity contribution is 5.83. The van der Waals surface area contributed by atoms with Gasteiger partial charge in [0.25, 0.3) is 0 Å². The number of aliphatic carboxylic acids is 1. The lowest BCUT2D eigenvalue weighted by Crippen LogP contribution is -2.39. The monoisotopic (exact) mass is 291 g/mol. The molecule has 1 amide bonds. The van der Waals surface area contributed by atoms with E-state index in [-0.39, 0.29) is 25.3 Å². The maximum atomic E-state index is 13.9. The van der Waals surface area contributed by atoms with Crippen LogP contribution in [0.25, 0.3) is 5.65 Å². The van der Waals surface area contributed by atoms with E-state index in [1.807, 2.05) is 24.4 Å². The molecule has 1 unspecified atom stereocenters. The second-order valence-electron chi connectivity index (χ2n) is 5.21. The van der Waals surface area contributed by atoms with Crippen LogP contribution in [0.5, 0.6) is 0 Å². The number of rotatable bonds is 3. The molecule has 7 heteroatoms. The molecular formula is C14H14FN3O3. The van der Waals surface area contributed by atoms with Gasteiger partial charge in [-0.3, -0.25) is 4.79 Å². The highest BCUT2D eigenvalue weighted by atomic mass is 19.1. The van der Waals surface area contributed by atoms with Crippen molar-refractivity contribution in [1.29, 1.82) is 0 Å². The minimum absolute atomic E-state index is 0.0391. The fraction of sp³-hybridized carbons (Fsp3) is 0.357. The van der Waals surface area contributed by atoms with Crippen molar-refractivity contribution in [3.63, 3.8) is 0 Å². The molecule has 110 valence electrons. The van der Waals surface area contributed by atoms with E-state index in [4.69, 9.17) is 5.11 Å². The van der Waals surface area contributed by atoms with Crippen molar-refractivity contribution in [2.45, 2.75) is 18.5 Å². The Bertz CT molecular complexity index is 681. The summed E-state index contributed by atoms with van der Waals surface area (Å²) in [5, 5.41) is 8.83. The van der Waals surface area contributed by atoms with Crippen LogP contribution < -0.4 is 0 Å². The Hall–Kier alpha value is -2.44. The topological polar surface area (TPSA) is 74.9 Å². The standard InChI is InChI=1S/C14H14FN3O3/c15-14(13(20)21)4-6-18(9-14)12(19)7-10-8-17-5-2-1-3-11(17)16-10/h1-3,5,8H,4,6-7,9H2,(H,20,21). The minimum atomic E-state index is -2.32. The van der Waals surface area contributed by atoms with E-state index in [9.17, 15) is 14.0 Å². The Morgan fingerprint density at radius 1 is 1.43 bits per heavy atom. The molecule has 3 rings (SSSR count). The number of carboxylic acid groups (broad SMARTS) is 1. The highest BCUT2D eigenvalue weighted by Crippen LogP contribution is 2.26. The van der Waals surface area contributed by atoms with Gasteiger partial charge in [-0.2, -0.15) is 0 Å². The molecule has 1 aliphatic rings. The van der Waals surface area contributed by atoms with E-state index >= 15 is 0 Å². The van der Waals surface area contributed by atoms with Gasteiger partial charge in [-0.05, 0) is 12.1 Å². The third-order valence-electron chi connectivity index (χ3n) is 3.70. The molecule has 0 bridgehead atoms. The van der Waals surface area contributed by atoms with Gasteiger partial charge in [0.1, 0.15) is 5.65 Å². The smallest absolute Gasteiger partial charge is 0.343 e. The summed E-state index contributed by atoms with van der Waals surface area (Å²) in [5.74, 6) is -1.82. The quantitative estimate of drug-likeness (QED) is 0.912. The molecule has 1 saturated heterocycles. The largest absolute Gasteiger partial charge is 0.479 e. The average molecular weight is 291 g/mol. The van der Waals surface area contributed by atoms with E-state index in [0.29, 0.717) is 5.69 Å². The van der Waals surface area contributed by atoms with Gasteiger partial charge in [-0.15, -0.1) is 0 Å². The first kappa shape index (κ1) is 13.5. The van der Waals surface area contributed by atoms with Crippen molar-refractivity contribution in [1.82, 2.24) is 14.3 Å². The molecule has 1 atom stereocenters. The van der Waals surface area contributed by atoms with E-state index in [2.05, 4.69) is 4.98 Å². The zero-order valence-electron chi connectivity index (χ0n) is 11.2. The summed E-state index contributed by atoms with van der Waals surface area (Å²) < 4.78 is 15.7. The molecule has 0 aliphatic carbocycles. The van der Waals surface area contributed by atoms with E-state index in [0.717, 1.165) is 5.65 Å². The number of carboxylic acids is 1. The molecule has 0 saturated carbocycles. The van der Waals surface area contributed by atoms with Crippen LogP contribution in [-0.4, -0.2) is 50.0 Å². The van der Waals surface area contributed by atoms with Crippen LogP contribution in [0, 0.1) is 0 Å². The number of aromatic nitrogens is 2. The lowest BCUT2D eigenvalue weighted by molar-refractivity contribution is -0.150. The predicted molar refractivity (Wildman–Crippen MR) is 71.6 cm³/mol. The number of likely N-dealkylation sites (tertiary alicyclic amines) is 1. The number of halogens is 1. The number of hydrogen-bond donors (Lipinski definition) is 1. The first-order chi connectivity index (χ1) is 9.98. The third-order valence-corrected chi connectivity index (χ3v) is 3.70. The molecule has 1 aliphatic heterocycles. The minimum Gasteiger partial charge on any atom is -0.479 e. The molecule has 0 aromatic carbocycles. The van der Waals surface area contributed by atoms with Crippen molar-refractivity contribution in [2.75, 3.05) is 13.1 Å². The maximum absolute atomic E-state index is 13.9. The molecule has 6 nitrogen and oxygen atoms in total. The number of carbonyl (C=O) groups excluding carboxylic acids is 1. The van der Waals surface area contributed by atoms with E-state index in [1.165, 1.54) is 4.90 Å². The summed E-state index contributed by atoms with van der Waals surface area (Å²) in [7, 11) is 0. The van der Waals surface area contributed by atoms with Crippen molar-refractivity contribution in [3.8, 4) is 0 Å². The number of imidazole rings is 1. The van der Waals surface area contributed by atoms with Crippen LogP contribution in [0.15, 0.2) is 30.6 Å². The fourth-order valence-electron chi connectivity index (χ4n) is 2.50. The highest BCUT2D eigenvalue weighted by Gasteiger charge is 2.46. The number of carbonyl (C=O) groups is 2. The molecule has 0 radical (unpaired) electrons. The summed E-state index contributed by atoms with van der Waals surface area (Å²) in [6, 6.07) is 5.52. The summed E-state index contributed by atoms with van der Waals surface area (Å²) in [6.45, 7) is -0.274. The van der Waals surface area contributed by atoms with Crippen molar-refractivity contribution >= 4 is 17.5 Å². The van der Waals surface area contributed by atoms with Gasteiger partial charge in [-0.1, -0.05) is 6.07 Å². The molecule has 0 spiro atoms. The van der Waals surface area contributed by atoms with Crippen molar-refractivity contribution in [2.24, 2.45) is 0 Å². The Labute approximate surface area is 119 Å². The van der Waals surface area contributed by atoms with Gasteiger partial charge < -0.3 is 14.4 Å². The number of amides is 1. The van der Waals surface area contributed by atoms with Crippen LogP contribution in [0.1, 0.15) is 12.1 Å². The van der Waals surface area contributed by atoms with Crippen LogP contribution in [-0.2, 0) is 16.0 Å². The Morgan fingerprint density at radius 2 is 2.24 bits per heavy atom. The molecule has 3 heterocycles. The Balaban J connectivity index is 1.71. The number of pyridine rings is 1. The zero-order chi connectivity index (χ0) is 15.0. The molecule has 1 N–H and O–H groups in total. The molecule has 2 aromatic heterocycles. The van der Waals surface area contributed by atoms with Crippen molar-refractivity contribution in [3.05, 3.63) is 36.3 Å². The predicted octanol–water partition coefficient (Wildman–Crippen LogP) is 0.902. The Kier molecular flexibility index (Phi) is 3.12. The van der Waals surface area contributed by atoms with Gasteiger partial charge in [0, 0.05) is 25.4 Å². The number of fused-ring (bicyclic) bond motifs is 1. The average Bonchev–Trinajstić information content (AvgIpc) is 3.02. The second kappa shape index (κ2) is 4.83. The van der Waals surface area contributed by atoms with E-state index in [1.54, 1.807) is 10.6 Å². The zero-order valence-corrected chi connectivity index (χ0v) is 11.2. The van der Waals surface area contributed by atoms with Gasteiger partial charge in [0.05, 0.1) is 18.7 Å². The van der Waals surface area contributed by atoms with Crippen LogP contribution in [0.2, 0.25) is 0 Å². The summed E-state index contributed by atoms with van der Waals surface area (Å²) in [5.41, 5.74) is -1.01. The summed E-state index contributed by atoms with van der Waals surface area (Å²) in [6.07, 6.45) is 3.43. The third kappa shape index (κ3) is 2.46. The van der Waals surface area contributed by atoms with Crippen LogP contribution in [0.4, 0.5) is 4.39 Å². The van der Waals surface area contributed by atoms with Crippen LogP contribution >= 0.6 is 0 Å². The number of alkyl halides is 1. The van der Waals surface area contributed by atoms with Gasteiger partial charge in [0.2, 0.25) is 11.6 Å². The van der Waals surface area contributed by atoms with Crippen molar-refractivity contribution < 1.29 is 19.1 Å². The van der Waals surface area contributed by atoms with Gasteiger partial charge >= 0.3 is 5.97 Å². The van der Waals surface area contributed by atoms with Gasteiger partial charge in [-0.25, -0.2) is 14.2 Å². The van der Waals surface area contributed by atoms with E-state index < -0.39 is 18.2 Å². The van der Waals surface area contributed by atoms with Gasteiger partial charge in [0.15, 0.2) is 0 Å². The molecule has 2 aromatic rings. The summed E-state index contributed by atoms with van der Waals surface area (Å²) in [4.78, 5) is 28.5. The molecular weight excluding hydrogens is 277 g/mol. The molecule has 1 fully saturated rings. The second-order valence-corrected chi connectivity index (χ2v) is 5.21. The number of hydrogen-bond acceptors (Lipinski definition) is 3. The SMILES string of the molecule is O=C(Cc1cn2ccccc2n1)N1CCC(F)(C(=O)O)C1. The number of nitrogens with zero attached hydrogens (tertiary/aromatic N) is 3. The first-order valence-electron chi connectivity index (χ1n) is 6.61. The lowest BCUT2D eigenvalue weighted by Gasteiger charge is -2.17. The maximum Gasteiger partial charge on any atom is 0.343 e. The Morgan fingerprint density at radius 3 is 2.90 bits per heavy atom. The molecule has 21 heavy (non-hydrogen) atoms.